The zero-order valence-corrected chi connectivity index (χ0v) is 10.4. The van der Waals surface area contributed by atoms with Gasteiger partial charge in [-0.25, -0.2) is 9.59 Å². The van der Waals surface area contributed by atoms with Crippen LogP contribution in [0.25, 0.3) is 0 Å². The molecule has 58 valence electrons. The maximum Gasteiger partial charge on any atom is 1.00 e. The van der Waals surface area contributed by atoms with Gasteiger partial charge in [-0.1, -0.05) is 0 Å². The zero-order valence-electron chi connectivity index (χ0n) is 6.41. The normalized spacial score (nSPS) is 6.08. The smallest absolute Gasteiger partial charge is 0.871 e. The van der Waals surface area contributed by atoms with E-state index in [9.17, 15) is 8.78 Å². The largest absolute Gasteiger partial charge is 1.00 e. The summed E-state index contributed by atoms with van der Waals surface area (Å²) in [5.74, 6) is 0. The first-order chi connectivity index (χ1) is 4.37. The third kappa shape index (κ3) is 43.3. The van der Waals surface area contributed by atoms with E-state index >= 15 is 0 Å². The summed E-state index contributed by atoms with van der Waals surface area (Å²) in [6.07, 6.45) is 0. The van der Waals surface area contributed by atoms with E-state index in [4.69, 9.17) is 24.7 Å². The summed E-state index contributed by atoms with van der Waals surface area (Å²) in [7, 11) is -2.67. The van der Waals surface area contributed by atoms with E-state index in [0.717, 1.165) is 0 Å². The standard InChI is InChI=1S/C2F2O2.BHO3.2Na/c3-1(5)2(4)6;2-1(3)4;;/h;2H;;/q;-2;2*+1. The molecule has 0 bridgehead atoms. The fraction of sp³-hybridized carbons (Fsp3) is 0. The summed E-state index contributed by atoms with van der Waals surface area (Å²) < 4.78 is 20.9. The van der Waals surface area contributed by atoms with Gasteiger partial charge in [0.1, 0.15) is 0 Å². The first-order valence-corrected chi connectivity index (χ1v) is 1.77. The fourth-order valence-electron chi connectivity index (χ4n) is 0. The molecular weight excluding hydrogens is 199 g/mol. The van der Waals surface area contributed by atoms with Gasteiger partial charge in [0.05, 0.1) is 7.32 Å². The van der Waals surface area contributed by atoms with Crippen molar-refractivity contribution < 1.29 is 92.6 Å². The third-order valence-electron chi connectivity index (χ3n) is 0.155. The van der Waals surface area contributed by atoms with Crippen LogP contribution in [0.5, 0.6) is 0 Å². The van der Waals surface area contributed by atoms with Crippen LogP contribution in [-0.4, -0.2) is 24.4 Å². The van der Waals surface area contributed by atoms with Gasteiger partial charge in [0.2, 0.25) is 0 Å². The van der Waals surface area contributed by atoms with Crippen molar-refractivity contribution in [2.24, 2.45) is 0 Å². The Morgan fingerprint density at radius 2 is 1.17 bits per heavy atom. The molecule has 0 aliphatic heterocycles. The van der Waals surface area contributed by atoms with E-state index in [1.165, 1.54) is 0 Å². The maximum atomic E-state index is 10.5. The van der Waals surface area contributed by atoms with Gasteiger partial charge in [0.25, 0.3) is 0 Å². The van der Waals surface area contributed by atoms with Gasteiger partial charge in [-0.2, -0.15) is 8.78 Å². The molecule has 0 aliphatic rings. The Balaban J connectivity index is -0.0000000483. The Hall–Kier alpha value is 1.14. The summed E-state index contributed by atoms with van der Waals surface area (Å²) in [5.41, 5.74) is 0. The Morgan fingerprint density at radius 1 is 1.08 bits per heavy atom. The van der Waals surface area contributed by atoms with Crippen molar-refractivity contribution in [3.63, 3.8) is 0 Å². The predicted molar refractivity (Wildman–Crippen MR) is 20.2 cm³/mol. The second-order valence-corrected chi connectivity index (χ2v) is 0.854. The van der Waals surface area contributed by atoms with Crippen molar-refractivity contribution in [1.82, 2.24) is 0 Å². The molecule has 1 N–H and O–H groups in total. The topological polar surface area (TPSA) is 100 Å². The van der Waals surface area contributed by atoms with Crippen LogP contribution in [-0.2, 0) is 9.59 Å². The van der Waals surface area contributed by atoms with Gasteiger partial charge in [0.15, 0.2) is 0 Å². The average Bonchev–Trinajstić information content (AvgIpc) is 1.63. The molecule has 0 saturated carbocycles. The predicted octanol–water partition coefficient (Wildman–Crippen LogP) is -9.33. The third-order valence-corrected chi connectivity index (χ3v) is 0.155. The van der Waals surface area contributed by atoms with Crippen molar-refractivity contribution in [3.05, 3.63) is 0 Å². The molecule has 0 amide bonds. The van der Waals surface area contributed by atoms with Crippen molar-refractivity contribution in [3.8, 4) is 0 Å². The molecule has 0 spiro atoms. The Bertz CT molecular complexity index is 118. The number of hydrogen-bond acceptors (Lipinski definition) is 5. The summed E-state index contributed by atoms with van der Waals surface area (Å²) in [4.78, 5) is 17.5. The van der Waals surface area contributed by atoms with Gasteiger partial charge in [-0.15, -0.1) is 0 Å². The monoisotopic (exact) mass is 200 g/mol. The molecular formula is C2HBF2Na2O5. The van der Waals surface area contributed by atoms with Crippen molar-refractivity contribution in [2.75, 3.05) is 0 Å². The average molecular weight is 200 g/mol. The zero-order chi connectivity index (χ0) is 8.73. The fourth-order valence-corrected chi connectivity index (χ4v) is 0. The first-order valence-electron chi connectivity index (χ1n) is 1.77. The Kier molecular flexibility index (Phi) is 28.3. The van der Waals surface area contributed by atoms with Crippen molar-refractivity contribution in [2.45, 2.75) is 0 Å². The van der Waals surface area contributed by atoms with Crippen LogP contribution in [0, 0.1) is 0 Å². The second kappa shape index (κ2) is 14.7. The van der Waals surface area contributed by atoms with Gasteiger partial charge >= 0.3 is 71.2 Å². The van der Waals surface area contributed by atoms with Gasteiger partial charge in [-0.3, -0.25) is 0 Å². The van der Waals surface area contributed by atoms with E-state index in [2.05, 4.69) is 0 Å². The number of halogens is 2. The number of carbonyl (C=O) groups is 2. The van der Waals surface area contributed by atoms with E-state index < -0.39 is 19.4 Å². The van der Waals surface area contributed by atoms with Crippen LogP contribution >= 0.6 is 0 Å². The van der Waals surface area contributed by atoms with E-state index in [-0.39, 0.29) is 59.1 Å². The summed E-state index contributed by atoms with van der Waals surface area (Å²) in [6, 6.07) is -5.09. The minimum atomic E-state index is -2.67. The van der Waals surface area contributed by atoms with Crippen molar-refractivity contribution >= 4 is 19.4 Å². The second-order valence-electron chi connectivity index (χ2n) is 0.854. The molecule has 0 aromatic carbocycles. The summed E-state index contributed by atoms with van der Waals surface area (Å²) in [6.45, 7) is 0. The van der Waals surface area contributed by atoms with E-state index in [0.29, 0.717) is 0 Å². The van der Waals surface area contributed by atoms with Crippen LogP contribution in [0.15, 0.2) is 0 Å². The van der Waals surface area contributed by atoms with E-state index in [1.807, 2.05) is 0 Å². The number of carbonyl (C=O) groups excluding carboxylic acids is 2. The molecule has 10 heteroatoms. The van der Waals surface area contributed by atoms with Crippen molar-refractivity contribution in [1.29, 1.82) is 0 Å². The molecule has 0 aliphatic carbocycles. The van der Waals surface area contributed by atoms with Gasteiger partial charge < -0.3 is 15.1 Å². The SMILES string of the molecule is O=C(F)C(=O)F.[Na+].[Na+].[O-]B([O-])O. The Morgan fingerprint density at radius 3 is 1.17 bits per heavy atom. The van der Waals surface area contributed by atoms with Crippen LogP contribution < -0.4 is 69.2 Å². The first kappa shape index (κ1) is 23.2. The van der Waals surface area contributed by atoms with Crippen LogP contribution in [0.4, 0.5) is 8.78 Å². The quantitative estimate of drug-likeness (QED) is 0.257. The molecule has 0 atom stereocenters. The molecule has 12 heavy (non-hydrogen) atoms. The van der Waals surface area contributed by atoms with Gasteiger partial charge in [-0.05, 0) is 0 Å². The maximum absolute atomic E-state index is 10.5. The Labute approximate surface area is 111 Å². The molecule has 0 fully saturated rings. The molecule has 0 unspecified atom stereocenters. The number of hydrogen-bond donors (Lipinski definition) is 1. The molecule has 0 aromatic heterocycles. The molecule has 0 heterocycles. The molecule has 0 saturated heterocycles. The molecule has 0 rings (SSSR count). The van der Waals surface area contributed by atoms with E-state index in [1.54, 1.807) is 0 Å². The molecule has 5 nitrogen and oxygen atoms in total. The summed E-state index contributed by atoms with van der Waals surface area (Å²) in [5, 5.41) is 24.0. The van der Waals surface area contributed by atoms with Crippen LogP contribution in [0.1, 0.15) is 0 Å². The van der Waals surface area contributed by atoms with Crippen LogP contribution in [0.3, 0.4) is 0 Å². The minimum absolute atomic E-state index is 0. The number of rotatable bonds is 1. The van der Waals surface area contributed by atoms with Gasteiger partial charge in [0, 0.05) is 0 Å². The van der Waals surface area contributed by atoms with Crippen LogP contribution in [0.2, 0.25) is 0 Å². The molecule has 0 aromatic rings. The molecule has 0 radical (unpaired) electrons. The summed E-state index contributed by atoms with van der Waals surface area (Å²) >= 11 is 0. The minimum Gasteiger partial charge on any atom is -0.871 e.